The standard InChI is InChI=1S/C21H19FN6O/c1-2-28-20-13-8-18(21(23)25-10-13)29-12-15-7-16(22)3-4-17(15)27-6-5-24-19(27)9-14(20)11-26-28/h3-8,10-11H,2,9,12H2,1H3,(H2,23,25). The van der Waals surface area contributed by atoms with Crippen LogP contribution in [0.2, 0.25) is 0 Å². The summed E-state index contributed by atoms with van der Waals surface area (Å²) in [4.78, 5) is 8.85. The van der Waals surface area contributed by atoms with Gasteiger partial charge in [0.2, 0.25) is 0 Å². The highest BCUT2D eigenvalue weighted by molar-refractivity contribution is 5.67. The summed E-state index contributed by atoms with van der Waals surface area (Å²) in [7, 11) is 0. The molecule has 0 saturated carbocycles. The summed E-state index contributed by atoms with van der Waals surface area (Å²) < 4.78 is 23.8. The Morgan fingerprint density at radius 1 is 1.17 bits per heavy atom. The van der Waals surface area contributed by atoms with Gasteiger partial charge in [0.1, 0.15) is 18.2 Å². The topological polar surface area (TPSA) is 83.8 Å². The molecule has 1 aliphatic rings. The van der Waals surface area contributed by atoms with Gasteiger partial charge in [-0.15, -0.1) is 0 Å². The number of nitrogens with zero attached hydrogens (tertiary/aromatic N) is 5. The van der Waals surface area contributed by atoms with Gasteiger partial charge in [-0.1, -0.05) is 0 Å². The average Bonchev–Trinajstić information content (AvgIpc) is 3.34. The van der Waals surface area contributed by atoms with E-state index >= 15 is 0 Å². The summed E-state index contributed by atoms with van der Waals surface area (Å²) in [5, 5.41) is 4.53. The number of aryl methyl sites for hydroxylation is 1. The van der Waals surface area contributed by atoms with Crippen molar-refractivity contribution in [1.29, 1.82) is 0 Å². The third kappa shape index (κ3) is 2.93. The zero-order valence-electron chi connectivity index (χ0n) is 15.8. The Bertz CT molecular complexity index is 1210. The van der Waals surface area contributed by atoms with E-state index in [0.717, 1.165) is 28.3 Å². The lowest BCUT2D eigenvalue weighted by molar-refractivity contribution is 0.306. The van der Waals surface area contributed by atoms with Crippen LogP contribution < -0.4 is 10.5 Å². The second kappa shape index (κ2) is 6.73. The quantitative estimate of drug-likeness (QED) is 0.539. The number of halogens is 1. The van der Waals surface area contributed by atoms with Crippen LogP contribution in [-0.2, 0) is 19.6 Å². The number of imidazole rings is 1. The number of nitrogen functional groups attached to an aromatic ring is 1. The molecule has 8 heteroatoms. The minimum atomic E-state index is -0.326. The van der Waals surface area contributed by atoms with E-state index in [1.54, 1.807) is 18.5 Å². The van der Waals surface area contributed by atoms with Gasteiger partial charge in [0.05, 0.1) is 17.6 Å². The van der Waals surface area contributed by atoms with Crippen molar-refractivity contribution in [3.05, 3.63) is 71.8 Å². The molecular formula is C21H19FN6O. The van der Waals surface area contributed by atoms with Crippen molar-refractivity contribution < 1.29 is 9.13 Å². The lowest BCUT2D eigenvalue weighted by Gasteiger charge is -2.17. The number of ether oxygens (including phenoxy) is 1. The van der Waals surface area contributed by atoms with E-state index in [4.69, 9.17) is 10.5 Å². The van der Waals surface area contributed by atoms with Gasteiger partial charge < -0.3 is 15.0 Å². The maximum atomic E-state index is 14.0. The number of anilines is 1. The van der Waals surface area contributed by atoms with Crippen LogP contribution in [0.15, 0.2) is 49.1 Å². The summed E-state index contributed by atoms with van der Waals surface area (Å²) >= 11 is 0. The fourth-order valence-electron chi connectivity index (χ4n) is 3.74. The van der Waals surface area contributed by atoms with Gasteiger partial charge in [-0.25, -0.2) is 14.4 Å². The number of hydrogen-bond acceptors (Lipinski definition) is 5. The number of benzene rings is 1. The lowest BCUT2D eigenvalue weighted by Crippen LogP contribution is -2.10. The van der Waals surface area contributed by atoms with Gasteiger partial charge >= 0.3 is 0 Å². The number of fused-ring (bicyclic) bond motifs is 7. The molecule has 0 atom stereocenters. The van der Waals surface area contributed by atoms with E-state index in [0.29, 0.717) is 24.3 Å². The maximum Gasteiger partial charge on any atom is 0.166 e. The van der Waals surface area contributed by atoms with Gasteiger partial charge in [0.25, 0.3) is 0 Å². The Hall–Kier alpha value is -3.68. The van der Waals surface area contributed by atoms with Crippen molar-refractivity contribution >= 4 is 5.82 Å². The highest BCUT2D eigenvalue weighted by atomic mass is 19.1. The molecule has 29 heavy (non-hydrogen) atoms. The zero-order valence-corrected chi connectivity index (χ0v) is 15.8. The van der Waals surface area contributed by atoms with Crippen molar-refractivity contribution in [3.63, 3.8) is 0 Å². The average molecular weight is 390 g/mol. The molecule has 7 nitrogen and oxygen atoms in total. The summed E-state index contributed by atoms with van der Waals surface area (Å²) in [5.74, 6) is 1.25. The predicted octanol–water partition coefficient (Wildman–Crippen LogP) is 3.36. The van der Waals surface area contributed by atoms with Crippen molar-refractivity contribution in [2.45, 2.75) is 26.5 Å². The van der Waals surface area contributed by atoms with Crippen LogP contribution in [0.1, 0.15) is 23.9 Å². The molecule has 2 N–H and O–H groups in total. The van der Waals surface area contributed by atoms with Crippen molar-refractivity contribution in [1.82, 2.24) is 24.3 Å². The second-order valence-electron chi connectivity index (χ2n) is 6.89. The SMILES string of the molecule is CCn1ncc2c1-c1cnc(N)c(c1)OCc1cc(F)ccc1-n1ccnc1C2. The first-order chi connectivity index (χ1) is 14.1. The third-order valence-electron chi connectivity index (χ3n) is 5.12. The number of aromatic nitrogens is 5. The van der Waals surface area contributed by atoms with Crippen LogP contribution in [0.3, 0.4) is 0 Å². The summed E-state index contributed by atoms with van der Waals surface area (Å²) in [6.07, 6.45) is 7.76. The molecule has 146 valence electrons. The van der Waals surface area contributed by atoms with Gasteiger partial charge in [0, 0.05) is 48.2 Å². The van der Waals surface area contributed by atoms with Crippen molar-refractivity contribution in [2.75, 3.05) is 5.73 Å². The number of pyridine rings is 1. The first-order valence-electron chi connectivity index (χ1n) is 9.38. The van der Waals surface area contributed by atoms with Crippen LogP contribution in [0.4, 0.5) is 10.2 Å². The molecule has 3 aromatic heterocycles. The number of rotatable bonds is 1. The molecule has 4 aromatic rings. The molecule has 0 spiro atoms. The van der Waals surface area contributed by atoms with E-state index in [1.807, 2.05) is 34.6 Å². The Kier molecular flexibility index (Phi) is 4.04. The number of nitrogens with two attached hydrogens (primary N) is 1. The molecule has 4 heterocycles. The Balaban J connectivity index is 1.76. The van der Waals surface area contributed by atoms with Crippen molar-refractivity contribution in [3.8, 4) is 22.7 Å². The van der Waals surface area contributed by atoms with Crippen LogP contribution in [0.25, 0.3) is 16.9 Å². The summed E-state index contributed by atoms with van der Waals surface area (Å²) in [5.41, 5.74) is 10.4. The van der Waals surface area contributed by atoms with E-state index in [-0.39, 0.29) is 18.2 Å². The molecule has 0 radical (unpaired) electrons. The van der Waals surface area contributed by atoms with Gasteiger partial charge in [-0.2, -0.15) is 5.10 Å². The fraction of sp³-hybridized carbons (Fsp3) is 0.190. The molecule has 1 aromatic carbocycles. The molecule has 0 saturated heterocycles. The Morgan fingerprint density at radius 3 is 2.93 bits per heavy atom. The highest BCUT2D eigenvalue weighted by Crippen LogP contribution is 2.32. The summed E-state index contributed by atoms with van der Waals surface area (Å²) in [6.45, 7) is 2.91. The minimum absolute atomic E-state index is 0.153. The zero-order chi connectivity index (χ0) is 20.0. The molecular weight excluding hydrogens is 371 g/mol. The normalized spacial score (nSPS) is 12.8. The molecule has 5 rings (SSSR count). The fourth-order valence-corrected chi connectivity index (χ4v) is 3.74. The van der Waals surface area contributed by atoms with Crippen LogP contribution in [0, 0.1) is 5.82 Å². The van der Waals surface area contributed by atoms with Crippen LogP contribution in [-0.4, -0.2) is 24.3 Å². The molecule has 0 aliphatic carbocycles. The predicted molar refractivity (Wildman–Crippen MR) is 106 cm³/mol. The van der Waals surface area contributed by atoms with Crippen LogP contribution >= 0.6 is 0 Å². The third-order valence-corrected chi connectivity index (χ3v) is 5.12. The first-order valence-corrected chi connectivity index (χ1v) is 9.38. The minimum Gasteiger partial charge on any atom is -0.485 e. The lowest BCUT2D eigenvalue weighted by atomic mass is 10.1. The largest absolute Gasteiger partial charge is 0.485 e. The second-order valence-corrected chi connectivity index (χ2v) is 6.89. The van der Waals surface area contributed by atoms with Crippen LogP contribution in [0.5, 0.6) is 5.75 Å². The van der Waals surface area contributed by atoms with Gasteiger partial charge in [0.15, 0.2) is 11.6 Å². The Labute approximate surface area is 166 Å². The van der Waals surface area contributed by atoms with E-state index in [1.165, 1.54) is 12.1 Å². The molecule has 0 unspecified atom stereocenters. The van der Waals surface area contributed by atoms with Gasteiger partial charge in [-0.05, 0) is 31.2 Å². The monoisotopic (exact) mass is 390 g/mol. The maximum absolute atomic E-state index is 14.0. The van der Waals surface area contributed by atoms with E-state index in [9.17, 15) is 4.39 Å². The summed E-state index contributed by atoms with van der Waals surface area (Å²) in [6, 6.07) is 6.51. The molecule has 1 aliphatic heterocycles. The van der Waals surface area contributed by atoms with E-state index < -0.39 is 0 Å². The number of hydrogen-bond donors (Lipinski definition) is 1. The first kappa shape index (κ1) is 17.4. The van der Waals surface area contributed by atoms with Crippen molar-refractivity contribution in [2.24, 2.45) is 0 Å². The Morgan fingerprint density at radius 2 is 2.07 bits per heavy atom. The molecule has 2 bridgehead atoms. The molecule has 0 fully saturated rings. The molecule has 0 amide bonds. The smallest absolute Gasteiger partial charge is 0.166 e. The highest BCUT2D eigenvalue weighted by Gasteiger charge is 2.20. The van der Waals surface area contributed by atoms with Gasteiger partial charge in [-0.3, -0.25) is 4.68 Å². The van der Waals surface area contributed by atoms with E-state index in [2.05, 4.69) is 15.1 Å².